The second kappa shape index (κ2) is 7.94. The summed E-state index contributed by atoms with van der Waals surface area (Å²) in [7, 11) is -3.69. The number of aromatic nitrogens is 1. The Bertz CT molecular complexity index is 1060. The second-order valence-electron chi connectivity index (χ2n) is 6.66. The summed E-state index contributed by atoms with van der Waals surface area (Å²) in [4.78, 5) is 15.4. The largest absolute Gasteiger partial charge is 0.361 e. The van der Waals surface area contributed by atoms with E-state index in [1.165, 1.54) is 12.1 Å². The van der Waals surface area contributed by atoms with Gasteiger partial charge >= 0.3 is 0 Å². The molecular formula is C20H23N3O3S. The molecule has 6 nitrogen and oxygen atoms in total. The quantitative estimate of drug-likeness (QED) is 0.584. The Kier molecular flexibility index (Phi) is 5.62. The molecule has 0 saturated carbocycles. The number of benzene rings is 2. The van der Waals surface area contributed by atoms with Crippen LogP contribution in [-0.4, -0.2) is 31.9 Å². The molecule has 0 spiro atoms. The molecule has 1 amide bonds. The molecule has 1 heterocycles. The number of H-pyrrole nitrogens is 1. The van der Waals surface area contributed by atoms with Gasteiger partial charge in [0.2, 0.25) is 10.0 Å². The van der Waals surface area contributed by atoms with Gasteiger partial charge in [-0.1, -0.05) is 24.3 Å². The molecule has 0 unspecified atom stereocenters. The van der Waals surface area contributed by atoms with Crippen LogP contribution in [0, 0.1) is 0 Å². The van der Waals surface area contributed by atoms with Crippen molar-refractivity contribution in [2.45, 2.75) is 31.2 Å². The molecule has 0 atom stereocenters. The van der Waals surface area contributed by atoms with Crippen LogP contribution in [-0.2, 0) is 16.4 Å². The van der Waals surface area contributed by atoms with E-state index in [1.807, 2.05) is 44.3 Å². The van der Waals surface area contributed by atoms with Crippen LogP contribution in [0.2, 0.25) is 0 Å². The highest BCUT2D eigenvalue weighted by molar-refractivity contribution is 7.89. The number of hydrogen-bond donors (Lipinski definition) is 3. The number of nitrogens with one attached hydrogen (secondary N) is 3. The highest BCUT2D eigenvalue weighted by Crippen LogP contribution is 2.18. The number of para-hydroxylation sites is 1. The fourth-order valence-corrected chi connectivity index (χ4v) is 3.97. The molecule has 0 bridgehead atoms. The van der Waals surface area contributed by atoms with Gasteiger partial charge in [0.1, 0.15) is 0 Å². The molecule has 0 radical (unpaired) electrons. The smallest absolute Gasteiger partial charge is 0.251 e. The number of carbonyl (C=O) groups excluding carboxylic acids is 1. The maximum Gasteiger partial charge on any atom is 0.251 e. The first kappa shape index (κ1) is 19.1. The van der Waals surface area contributed by atoms with Crippen LogP contribution in [0.25, 0.3) is 10.9 Å². The minimum absolute atomic E-state index is 0.0212. The molecule has 0 fully saturated rings. The molecule has 3 rings (SSSR count). The second-order valence-corrected chi connectivity index (χ2v) is 8.43. The third-order valence-corrected chi connectivity index (χ3v) is 5.65. The summed E-state index contributed by atoms with van der Waals surface area (Å²) >= 11 is 0. The van der Waals surface area contributed by atoms with Crippen LogP contribution >= 0.6 is 0 Å². The van der Waals surface area contributed by atoms with E-state index >= 15 is 0 Å². The number of hydrogen-bond acceptors (Lipinski definition) is 3. The van der Waals surface area contributed by atoms with Gasteiger partial charge in [-0.15, -0.1) is 0 Å². The standard InChI is InChI=1S/C20H23N3O3S/c1-14(2)23-20(24)15-6-5-7-17(12-15)27(25,26)22-11-10-16-13-21-19-9-4-3-8-18(16)19/h3-9,12-14,21-22H,10-11H2,1-2H3,(H,23,24). The predicted octanol–water partition coefficient (Wildman–Crippen LogP) is 2.83. The maximum absolute atomic E-state index is 12.6. The topological polar surface area (TPSA) is 91.1 Å². The van der Waals surface area contributed by atoms with Gasteiger partial charge in [-0.05, 0) is 50.1 Å². The lowest BCUT2D eigenvalue weighted by Gasteiger charge is -2.10. The van der Waals surface area contributed by atoms with Gasteiger partial charge in [0.05, 0.1) is 4.90 Å². The van der Waals surface area contributed by atoms with Gasteiger partial charge in [-0.25, -0.2) is 13.1 Å². The molecule has 142 valence electrons. The van der Waals surface area contributed by atoms with Crippen molar-refractivity contribution in [1.82, 2.24) is 15.0 Å². The van der Waals surface area contributed by atoms with Crippen LogP contribution in [0.4, 0.5) is 0 Å². The van der Waals surface area contributed by atoms with Crippen molar-refractivity contribution in [1.29, 1.82) is 0 Å². The van der Waals surface area contributed by atoms with E-state index in [4.69, 9.17) is 0 Å². The van der Waals surface area contributed by atoms with Crippen LogP contribution in [0.15, 0.2) is 59.6 Å². The summed E-state index contributed by atoms with van der Waals surface area (Å²) in [5.41, 5.74) is 2.40. The third kappa shape index (κ3) is 4.56. The molecule has 1 aromatic heterocycles. The van der Waals surface area contributed by atoms with Crippen molar-refractivity contribution in [3.05, 3.63) is 65.9 Å². The lowest BCUT2D eigenvalue weighted by molar-refractivity contribution is 0.0943. The first-order valence-corrected chi connectivity index (χ1v) is 10.3. The molecule has 3 N–H and O–H groups in total. The molecule has 7 heteroatoms. The van der Waals surface area contributed by atoms with E-state index in [-0.39, 0.29) is 23.4 Å². The first-order chi connectivity index (χ1) is 12.9. The lowest BCUT2D eigenvalue weighted by Crippen LogP contribution is -2.30. The summed E-state index contributed by atoms with van der Waals surface area (Å²) in [6.45, 7) is 3.97. The van der Waals surface area contributed by atoms with Gasteiger partial charge in [-0.3, -0.25) is 4.79 Å². The molecule has 0 aliphatic rings. The number of rotatable bonds is 7. The molecule has 0 aliphatic heterocycles. The van der Waals surface area contributed by atoms with Crippen molar-refractivity contribution >= 4 is 26.8 Å². The van der Waals surface area contributed by atoms with Crippen LogP contribution in [0.1, 0.15) is 29.8 Å². The Morgan fingerprint density at radius 1 is 1.11 bits per heavy atom. The fraction of sp³-hybridized carbons (Fsp3) is 0.250. The number of sulfonamides is 1. The predicted molar refractivity (Wildman–Crippen MR) is 106 cm³/mol. The zero-order valence-electron chi connectivity index (χ0n) is 15.3. The Hall–Kier alpha value is -2.64. The summed E-state index contributed by atoms with van der Waals surface area (Å²) in [5, 5.41) is 3.85. The van der Waals surface area contributed by atoms with Crippen LogP contribution in [0.5, 0.6) is 0 Å². The SMILES string of the molecule is CC(C)NC(=O)c1cccc(S(=O)(=O)NCCc2c[nH]c3ccccc23)c1. The lowest BCUT2D eigenvalue weighted by atomic mass is 10.1. The zero-order valence-corrected chi connectivity index (χ0v) is 16.1. The zero-order chi connectivity index (χ0) is 19.4. The minimum Gasteiger partial charge on any atom is -0.361 e. The average Bonchev–Trinajstić information content (AvgIpc) is 3.04. The monoisotopic (exact) mass is 385 g/mol. The van der Waals surface area contributed by atoms with Crippen molar-refractivity contribution in [3.8, 4) is 0 Å². The van der Waals surface area contributed by atoms with E-state index in [1.54, 1.807) is 12.1 Å². The van der Waals surface area contributed by atoms with E-state index in [9.17, 15) is 13.2 Å². The van der Waals surface area contributed by atoms with E-state index in [0.29, 0.717) is 12.0 Å². The van der Waals surface area contributed by atoms with Crippen LogP contribution in [0.3, 0.4) is 0 Å². The highest BCUT2D eigenvalue weighted by Gasteiger charge is 2.16. The Morgan fingerprint density at radius 2 is 1.89 bits per heavy atom. The molecule has 0 saturated heterocycles. The molecule has 2 aromatic carbocycles. The van der Waals surface area contributed by atoms with Gasteiger partial charge in [-0.2, -0.15) is 0 Å². The van der Waals surface area contributed by atoms with E-state index in [0.717, 1.165) is 16.5 Å². The van der Waals surface area contributed by atoms with Gasteiger partial charge < -0.3 is 10.3 Å². The maximum atomic E-state index is 12.6. The summed E-state index contributed by atoms with van der Waals surface area (Å²) < 4.78 is 27.8. The number of carbonyl (C=O) groups is 1. The number of fused-ring (bicyclic) bond motifs is 1. The molecule has 3 aromatic rings. The number of amides is 1. The summed E-state index contributed by atoms with van der Waals surface area (Å²) in [6, 6.07) is 13.9. The highest BCUT2D eigenvalue weighted by atomic mass is 32.2. The van der Waals surface area contributed by atoms with Crippen molar-refractivity contribution < 1.29 is 13.2 Å². The molecule has 0 aliphatic carbocycles. The first-order valence-electron chi connectivity index (χ1n) is 8.82. The van der Waals surface area contributed by atoms with Crippen molar-refractivity contribution in [2.24, 2.45) is 0 Å². The number of aromatic amines is 1. The van der Waals surface area contributed by atoms with Crippen molar-refractivity contribution in [2.75, 3.05) is 6.54 Å². The van der Waals surface area contributed by atoms with Gasteiger partial charge in [0.25, 0.3) is 5.91 Å². The van der Waals surface area contributed by atoms with E-state index in [2.05, 4.69) is 15.0 Å². The molecule has 27 heavy (non-hydrogen) atoms. The summed E-state index contributed by atoms with van der Waals surface area (Å²) in [6.07, 6.45) is 2.46. The fourth-order valence-electron chi connectivity index (χ4n) is 2.89. The van der Waals surface area contributed by atoms with Crippen LogP contribution < -0.4 is 10.0 Å². The normalized spacial score (nSPS) is 11.8. The minimum atomic E-state index is -3.69. The molecular weight excluding hydrogens is 362 g/mol. The Morgan fingerprint density at radius 3 is 2.67 bits per heavy atom. The van der Waals surface area contributed by atoms with Crippen molar-refractivity contribution in [3.63, 3.8) is 0 Å². The van der Waals surface area contributed by atoms with Gasteiger partial charge in [0, 0.05) is 35.2 Å². The van der Waals surface area contributed by atoms with Gasteiger partial charge in [0.15, 0.2) is 0 Å². The average molecular weight is 385 g/mol. The Balaban J connectivity index is 1.69. The third-order valence-electron chi connectivity index (χ3n) is 4.19. The Labute approximate surface area is 159 Å². The van der Waals surface area contributed by atoms with E-state index < -0.39 is 10.0 Å². The summed E-state index contributed by atoms with van der Waals surface area (Å²) in [5.74, 6) is -0.291.